The topological polar surface area (TPSA) is 70.7 Å². The van der Waals surface area contributed by atoms with E-state index in [2.05, 4.69) is 35.4 Å². The van der Waals surface area contributed by atoms with Gasteiger partial charge in [0.05, 0.1) is 18.6 Å². The Morgan fingerprint density at radius 2 is 1.75 bits per heavy atom. The van der Waals surface area contributed by atoms with Crippen LogP contribution in [0.2, 0.25) is 0 Å². The maximum atomic E-state index is 12.7. The molecular formula is C26H37N3O3. The van der Waals surface area contributed by atoms with Crippen LogP contribution in [-0.2, 0) is 20.7 Å². The third-order valence-electron chi connectivity index (χ3n) is 5.89. The first-order valence-corrected chi connectivity index (χ1v) is 11.7. The summed E-state index contributed by atoms with van der Waals surface area (Å²) < 4.78 is 5.77. The minimum atomic E-state index is -0.536. The van der Waals surface area contributed by atoms with Gasteiger partial charge in [-0.15, -0.1) is 0 Å². The molecule has 0 bridgehead atoms. The summed E-state index contributed by atoms with van der Waals surface area (Å²) in [5.41, 5.74) is 0.943. The van der Waals surface area contributed by atoms with Gasteiger partial charge in [0.25, 0.3) is 0 Å². The summed E-state index contributed by atoms with van der Waals surface area (Å²) in [6.07, 6.45) is 1.63. The highest BCUT2D eigenvalue weighted by molar-refractivity contribution is 5.89. The maximum Gasteiger partial charge on any atom is 0.242 e. The van der Waals surface area contributed by atoms with Gasteiger partial charge in [-0.05, 0) is 42.5 Å². The van der Waals surface area contributed by atoms with Crippen molar-refractivity contribution in [1.29, 1.82) is 0 Å². The van der Waals surface area contributed by atoms with Gasteiger partial charge in [-0.3, -0.25) is 14.5 Å². The zero-order valence-electron chi connectivity index (χ0n) is 19.8. The van der Waals surface area contributed by atoms with E-state index >= 15 is 0 Å². The molecule has 6 nitrogen and oxygen atoms in total. The van der Waals surface area contributed by atoms with Crippen molar-refractivity contribution in [3.8, 4) is 0 Å². The Morgan fingerprint density at radius 3 is 2.44 bits per heavy atom. The molecule has 1 saturated heterocycles. The molecule has 32 heavy (non-hydrogen) atoms. The first kappa shape index (κ1) is 24.2. The van der Waals surface area contributed by atoms with Gasteiger partial charge in [-0.1, -0.05) is 56.3 Å². The zero-order valence-corrected chi connectivity index (χ0v) is 19.8. The molecule has 0 spiro atoms. The average Bonchev–Trinajstić information content (AvgIpc) is 2.74. The molecule has 1 fully saturated rings. The van der Waals surface area contributed by atoms with Crippen LogP contribution in [0, 0.1) is 5.92 Å². The van der Waals surface area contributed by atoms with Crippen LogP contribution >= 0.6 is 0 Å². The largest absolute Gasteiger partial charge is 0.373 e. The fraction of sp³-hybridized carbons (Fsp3) is 0.538. The highest BCUT2D eigenvalue weighted by Gasteiger charge is 2.25. The van der Waals surface area contributed by atoms with Crippen molar-refractivity contribution >= 4 is 22.6 Å². The van der Waals surface area contributed by atoms with Gasteiger partial charge in [0.1, 0.15) is 6.04 Å². The van der Waals surface area contributed by atoms with E-state index in [4.69, 9.17) is 4.74 Å². The van der Waals surface area contributed by atoms with Crippen molar-refractivity contribution in [2.45, 2.75) is 58.8 Å². The fourth-order valence-corrected chi connectivity index (χ4v) is 4.38. The maximum absolute atomic E-state index is 12.7. The lowest BCUT2D eigenvalue weighted by Gasteiger charge is -2.35. The number of amides is 2. The monoisotopic (exact) mass is 439 g/mol. The molecule has 2 aromatic rings. The molecule has 6 heteroatoms. The van der Waals surface area contributed by atoms with Crippen LogP contribution in [-0.4, -0.2) is 61.1 Å². The smallest absolute Gasteiger partial charge is 0.242 e. The van der Waals surface area contributed by atoms with Gasteiger partial charge in [0.2, 0.25) is 11.8 Å². The Labute approximate surface area is 191 Å². The Kier molecular flexibility index (Phi) is 8.65. The molecule has 3 rings (SSSR count). The SMILES string of the molecule is CC1CN(CCCNC(=O)C(NC(=O)Cc2ccc3ccccc3c2)C(C)C)CC(C)O1. The highest BCUT2D eigenvalue weighted by atomic mass is 16.5. The lowest BCUT2D eigenvalue weighted by atomic mass is 10.0. The molecule has 3 unspecified atom stereocenters. The molecule has 2 aromatic carbocycles. The molecule has 0 aliphatic carbocycles. The number of hydrogen-bond donors (Lipinski definition) is 2. The van der Waals surface area contributed by atoms with E-state index in [-0.39, 0.29) is 36.4 Å². The number of benzene rings is 2. The van der Waals surface area contributed by atoms with Gasteiger partial charge in [0, 0.05) is 26.2 Å². The van der Waals surface area contributed by atoms with E-state index in [1.54, 1.807) is 0 Å². The molecule has 2 amide bonds. The van der Waals surface area contributed by atoms with E-state index in [1.807, 2.05) is 50.2 Å². The second kappa shape index (κ2) is 11.4. The zero-order chi connectivity index (χ0) is 23.1. The van der Waals surface area contributed by atoms with Gasteiger partial charge in [0.15, 0.2) is 0 Å². The summed E-state index contributed by atoms with van der Waals surface area (Å²) in [7, 11) is 0. The summed E-state index contributed by atoms with van der Waals surface area (Å²) >= 11 is 0. The molecule has 1 aliphatic heterocycles. The van der Waals surface area contributed by atoms with E-state index in [0.29, 0.717) is 6.54 Å². The van der Waals surface area contributed by atoms with Crippen molar-refractivity contribution < 1.29 is 14.3 Å². The number of ether oxygens (including phenoxy) is 1. The van der Waals surface area contributed by atoms with Crippen molar-refractivity contribution in [1.82, 2.24) is 15.5 Å². The predicted octanol–water partition coefficient (Wildman–Crippen LogP) is 3.14. The van der Waals surface area contributed by atoms with Gasteiger partial charge in [-0.25, -0.2) is 0 Å². The molecule has 1 aliphatic rings. The summed E-state index contributed by atoms with van der Waals surface area (Å²) in [5.74, 6) is -0.238. The third kappa shape index (κ3) is 7.04. The van der Waals surface area contributed by atoms with Crippen LogP contribution in [0.25, 0.3) is 10.8 Å². The predicted molar refractivity (Wildman–Crippen MR) is 128 cm³/mol. The Bertz CT molecular complexity index is 904. The lowest BCUT2D eigenvalue weighted by molar-refractivity contribution is -0.129. The first-order chi connectivity index (χ1) is 15.3. The molecule has 174 valence electrons. The summed E-state index contributed by atoms with van der Waals surface area (Å²) in [4.78, 5) is 27.8. The van der Waals surface area contributed by atoms with Crippen LogP contribution < -0.4 is 10.6 Å². The normalized spacial score (nSPS) is 20.3. The average molecular weight is 440 g/mol. The number of nitrogens with zero attached hydrogens (tertiary/aromatic N) is 1. The number of carbonyl (C=O) groups is 2. The molecule has 3 atom stereocenters. The Hall–Kier alpha value is -2.44. The third-order valence-corrected chi connectivity index (χ3v) is 5.89. The van der Waals surface area contributed by atoms with Crippen molar-refractivity contribution in [3.63, 3.8) is 0 Å². The van der Waals surface area contributed by atoms with E-state index in [0.717, 1.165) is 42.4 Å². The van der Waals surface area contributed by atoms with E-state index in [1.165, 1.54) is 0 Å². The van der Waals surface area contributed by atoms with Crippen molar-refractivity contribution in [2.75, 3.05) is 26.2 Å². The molecule has 1 heterocycles. The number of carbonyl (C=O) groups excluding carboxylic acids is 2. The van der Waals surface area contributed by atoms with Crippen LogP contribution in [0.3, 0.4) is 0 Å². The minimum absolute atomic E-state index is 0.0106. The molecular weight excluding hydrogens is 402 g/mol. The standard InChI is InChI=1S/C26H37N3O3/c1-18(2)25(26(31)27-12-7-13-29-16-19(3)32-20(4)17-29)28-24(30)15-21-10-11-22-8-5-6-9-23(22)14-21/h5-6,8-11,14,18-20,25H,7,12-13,15-17H2,1-4H3,(H,27,31)(H,28,30). The summed E-state index contributed by atoms with van der Waals surface area (Å²) in [6, 6.07) is 13.6. The number of nitrogens with one attached hydrogen (secondary N) is 2. The van der Waals surface area contributed by atoms with Crippen LogP contribution in [0.15, 0.2) is 42.5 Å². The quantitative estimate of drug-likeness (QED) is 0.589. The molecule has 0 radical (unpaired) electrons. The molecule has 0 aromatic heterocycles. The number of morpholine rings is 1. The Balaban J connectivity index is 1.46. The second-order valence-electron chi connectivity index (χ2n) is 9.31. The number of rotatable bonds is 9. The highest BCUT2D eigenvalue weighted by Crippen LogP contribution is 2.16. The second-order valence-corrected chi connectivity index (χ2v) is 9.31. The van der Waals surface area contributed by atoms with Crippen LogP contribution in [0.5, 0.6) is 0 Å². The summed E-state index contributed by atoms with van der Waals surface area (Å²) in [5, 5.41) is 8.21. The van der Waals surface area contributed by atoms with E-state index < -0.39 is 6.04 Å². The van der Waals surface area contributed by atoms with Crippen molar-refractivity contribution in [3.05, 3.63) is 48.0 Å². The van der Waals surface area contributed by atoms with E-state index in [9.17, 15) is 9.59 Å². The summed E-state index contributed by atoms with van der Waals surface area (Å²) in [6.45, 7) is 11.5. The number of fused-ring (bicyclic) bond motifs is 1. The number of hydrogen-bond acceptors (Lipinski definition) is 4. The minimum Gasteiger partial charge on any atom is -0.373 e. The first-order valence-electron chi connectivity index (χ1n) is 11.7. The van der Waals surface area contributed by atoms with Crippen molar-refractivity contribution in [2.24, 2.45) is 5.92 Å². The fourth-order valence-electron chi connectivity index (χ4n) is 4.38. The van der Waals surface area contributed by atoms with Gasteiger partial charge >= 0.3 is 0 Å². The molecule has 2 N–H and O–H groups in total. The van der Waals surface area contributed by atoms with Crippen LogP contribution in [0.4, 0.5) is 0 Å². The Morgan fingerprint density at radius 1 is 1.06 bits per heavy atom. The van der Waals surface area contributed by atoms with Crippen LogP contribution in [0.1, 0.15) is 39.7 Å². The van der Waals surface area contributed by atoms with Gasteiger partial charge in [-0.2, -0.15) is 0 Å². The molecule has 0 saturated carbocycles. The van der Waals surface area contributed by atoms with Gasteiger partial charge < -0.3 is 15.4 Å². The lowest BCUT2D eigenvalue weighted by Crippen LogP contribution is -2.50.